The largest absolute Gasteiger partial charge is 0.456 e. The molecule has 5 nitrogen and oxygen atoms in total. The Morgan fingerprint density at radius 1 is 0.500 bits per heavy atom. The summed E-state index contributed by atoms with van der Waals surface area (Å²) >= 11 is 0. The van der Waals surface area contributed by atoms with Crippen molar-refractivity contribution in [2.24, 2.45) is 0 Å². The molecule has 0 saturated heterocycles. The molecule has 7 aromatic carbocycles. The SMILES string of the molecule is C1=Cc2c(c3ccc(-c4nc(-c5ccc6oc7ccccc7c6c5)nc(-c5cccc6cccc(-c7ccccc7)c56)n4)cc3n2-c2ccccc2)CC1. The molecular weight excluding hydrogens is 661 g/mol. The van der Waals surface area contributed by atoms with Crippen LogP contribution in [0.1, 0.15) is 17.7 Å². The van der Waals surface area contributed by atoms with Crippen LogP contribution in [0.3, 0.4) is 0 Å². The Balaban J connectivity index is 1.17. The van der Waals surface area contributed by atoms with E-state index in [4.69, 9.17) is 19.4 Å². The lowest BCUT2D eigenvalue weighted by molar-refractivity contribution is 0.669. The van der Waals surface area contributed by atoms with Gasteiger partial charge in [-0.2, -0.15) is 0 Å². The van der Waals surface area contributed by atoms with Crippen LogP contribution in [-0.4, -0.2) is 19.5 Å². The first-order valence-corrected chi connectivity index (χ1v) is 18.4. The van der Waals surface area contributed by atoms with Crippen molar-refractivity contribution < 1.29 is 4.42 Å². The number of allylic oxidation sites excluding steroid dienone is 1. The Morgan fingerprint density at radius 3 is 2.02 bits per heavy atom. The molecule has 0 N–H and O–H groups in total. The normalized spacial score (nSPS) is 12.6. The highest BCUT2D eigenvalue weighted by atomic mass is 16.3. The summed E-state index contributed by atoms with van der Waals surface area (Å²) in [5, 5.41) is 5.59. The van der Waals surface area contributed by atoms with Gasteiger partial charge in [0.15, 0.2) is 17.5 Å². The summed E-state index contributed by atoms with van der Waals surface area (Å²) in [5.74, 6) is 1.86. The van der Waals surface area contributed by atoms with E-state index >= 15 is 0 Å². The van der Waals surface area contributed by atoms with Crippen molar-refractivity contribution in [1.82, 2.24) is 19.5 Å². The summed E-state index contributed by atoms with van der Waals surface area (Å²) in [4.78, 5) is 15.8. The van der Waals surface area contributed by atoms with Gasteiger partial charge in [0.1, 0.15) is 11.2 Å². The molecule has 0 fully saturated rings. The lowest BCUT2D eigenvalue weighted by Gasteiger charge is -2.14. The number of nitrogens with zero attached hydrogens (tertiary/aromatic N) is 4. The summed E-state index contributed by atoms with van der Waals surface area (Å²) in [7, 11) is 0. The Bertz CT molecular complexity index is 3100. The molecule has 3 heterocycles. The fraction of sp³-hybridized carbons (Fsp3) is 0.0408. The van der Waals surface area contributed by atoms with Crippen molar-refractivity contribution in [2.45, 2.75) is 12.8 Å². The van der Waals surface area contributed by atoms with Crippen molar-refractivity contribution in [1.29, 1.82) is 0 Å². The van der Waals surface area contributed by atoms with Crippen molar-refractivity contribution >= 4 is 49.7 Å². The van der Waals surface area contributed by atoms with E-state index in [1.165, 1.54) is 16.6 Å². The maximum absolute atomic E-state index is 6.20. The molecule has 0 saturated carbocycles. The van der Waals surface area contributed by atoms with Gasteiger partial charge in [-0.05, 0) is 83.5 Å². The number of para-hydroxylation sites is 2. The average molecular weight is 693 g/mol. The molecule has 0 atom stereocenters. The van der Waals surface area contributed by atoms with Crippen LogP contribution in [0.5, 0.6) is 0 Å². The van der Waals surface area contributed by atoms with Crippen molar-refractivity contribution in [3.63, 3.8) is 0 Å². The lowest BCUT2D eigenvalue weighted by atomic mass is 9.94. The van der Waals surface area contributed by atoms with E-state index in [0.29, 0.717) is 17.5 Å². The first-order chi connectivity index (χ1) is 26.8. The summed E-state index contributed by atoms with van der Waals surface area (Å²) in [6.07, 6.45) is 6.60. The molecule has 0 spiro atoms. The van der Waals surface area contributed by atoms with Crippen LogP contribution < -0.4 is 0 Å². The van der Waals surface area contributed by atoms with Crippen LogP contribution in [0.2, 0.25) is 0 Å². The monoisotopic (exact) mass is 692 g/mol. The minimum Gasteiger partial charge on any atom is -0.456 e. The second-order valence-corrected chi connectivity index (χ2v) is 13.9. The van der Waals surface area contributed by atoms with Gasteiger partial charge in [0.2, 0.25) is 0 Å². The first kappa shape index (κ1) is 30.5. The van der Waals surface area contributed by atoms with Crippen molar-refractivity contribution in [3.8, 4) is 51.0 Å². The fourth-order valence-electron chi connectivity index (χ4n) is 8.23. The number of hydrogen-bond donors (Lipinski definition) is 0. The van der Waals surface area contributed by atoms with E-state index in [2.05, 4.69) is 150 Å². The third-order valence-electron chi connectivity index (χ3n) is 10.7. The summed E-state index contributed by atoms with van der Waals surface area (Å²) < 4.78 is 8.57. The quantitative estimate of drug-likeness (QED) is 0.180. The number of aromatic nitrogens is 4. The summed E-state index contributed by atoms with van der Waals surface area (Å²) in [6, 6.07) is 55.1. The molecule has 254 valence electrons. The smallest absolute Gasteiger partial charge is 0.164 e. The molecule has 0 bridgehead atoms. The predicted octanol–water partition coefficient (Wildman–Crippen LogP) is 12.5. The first-order valence-electron chi connectivity index (χ1n) is 18.4. The van der Waals surface area contributed by atoms with Crippen LogP contribution >= 0.6 is 0 Å². The molecule has 5 heteroatoms. The van der Waals surface area contributed by atoms with E-state index < -0.39 is 0 Å². The van der Waals surface area contributed by atoms with E-state index in [1.54, 1.807) is 0 Å². The molecule has 0 aliphatic heterocycles. The van der Waals surface area contributed by atoms with E-state index in [-0.39, 0.29) is 0 Å². The molecule has 0 unspecified atom stereocenters. The molecule has 11 rings (SSSR count). The molecule has 3 aromatic heterocycles. The van der Waals surface area contributed by atoms with E-state index in [1.807, 2.05) is 24.3 Å². The van der Waals surface area contributed by atoms with Gasteiger partial charge in [-0.3, -0.25) is 0 Å². The number of rotatable bonds is 5. The zero-order valence-corrected chi connectivity index (χ0v) is 29.3. The molecule has 1 aliphatic rings. The number of hydrogen-bond acceptors (Lipinski definition) is 4. The van der Waals surface area contributed by atoms with Gasteiger partial charge in [-0.25, -0.2) is 15.0 Å². The predicted molar refractivity (Wildman–Crippen MR) is 221 cm³/mol. The van der Waals surface area contributed by atoms with E-state index in [9.17, 15) is 0 Å². The highest BCUT2D eigenvalue weighted by Crippen LogP contribution is 2.39. The number of furan rings is 1. The Kier molecular flexibility index (Phi) is 6.92. The second-order valence-electron chi connectivity index (χ2n) is 13.9. The highest BCUT2D eigenvalue weighted by molar-refractivity contribution is 6.07. The maximum Gasteiger partial charge on any atom is 0.164 e. The summed E-state index contributed by atoms with van der Waals surface area (Å²) in [6.45, 7) is 0. The van der Waals surface area contributed by atoms with Crippen LogP contribution in [0.25, 0.3) is 101 Å². The fourth-order valence-corrected chi connectivity index (χ4v) is 8.23. The van der Waals surface area contributed by atoms with Crippen molar-refractivity contribution in [3.05, 3.63) is 175 Å². The molecule has 0 radical (unpaired) electrons. The number of benzene rings is 7. The molecule has 54 heavy (non-hydrogen) atoms. The zero-order valence-electron chi connectivity index (χ0n) is 29.3. The highest BCUT2D eigenvalue weighted by Gasteiger charge is 2.22. The Labute approximate surface area is 311 Å². The molecule has 1 aliphatic carbocycles. The van der Waals surface area contributed by atoms with Crippen LogP contribution in [0.4, 0.5) is 0 Å². The maximum atomic E-state index is 6.20. The Hall–Kier alpha value is -7.11. The second kappa shape index (κ2) is 12.2. The van der Waals surface area contributed by atoms with Crippen LogP contribution in [0, 0.1) is 0 Å². The number of aryl methyl sites for hydroxylation is 1. The minimum atomic E-state index is 0.608. The standard InChI is InChI=1S/C49H32N4O/c1-3-13-31(14-4-1)36-21-11-15-32-16-12-22-40(46(32)36)49-51-47(33-26-28-45-41(29-33)39-20-8-10-24-44(39)54-45)50-48(52-49)34-25-27-38-37-19-7-9-23-42(37)53(43(38)30-34)35-17-5-2-6-18-35/h1-6,8-18,20-30H,7,19H2. The topological polar surface area (TPSA) is 56.7 Å². The molecular formula is C49H32N4O. The minimum absolute atomic E-state index is 0.608. The third-order valence-corrected chi connectivity index (χ3v) is 10.7. The Morgan fingerprint density at radius 2 is 1.19 bits per heavy atom. The molecule has 10 aromatic rings. The van der Waals surface area contributed by atoms with Gasteiger partial charge in [0, 0.05) is 49.6 Å². The van der Waals surface area contributed by atoms with Gasteiger partial charge in [0.05, 0.1) is 5.52 Å². The van der Waals surface area contributed by atoms with Crippen LogP contribution in [0.15, 0.2) is 168 Å². The number of fused-ring (bicyclic) bond motifs is 7. The van der Waals surface area contributed by atoms with Gasteiger partial charge < -0.3 is 8.98 Å². The lowest BCUT2D eigenvalue weighted by Crippen LogP contribution is -2.01. The van der Waals surface area contributed by atoms with Gasteiger partial charge in [0.25, 0.3) is 0 Å². The van der Waals surface area contributed by atoms with Crippen molar-refractivity contribution in [2.75, 3.05) is 0 Å². The average Bonchev–Trinajstić information content (AvgIpc) is 3.79. The molecule has 0 amide bonds. The van der Waals surface area contributed by atoms with Gasteiger partial charge in [-0.1, -0.05) is 121 Å². The van der Waals surface area contributed by atoms with Gasteiger partial charge in [-0.15, -0.1) is 0 Å². The van der Waals surface area contributed by atoms with Crippen LogP contribution in [-0.2, 0) is 6.42 Å². The third kappa shape index (κ3) is 4.90. The summed E-state index contributed by atoms with van der Waals surface area (Å²) in [5.41, 5.74) is 11.7. The van der Waals surface area contributed by atoms with E-state index in [0.717, 1.165) is 84.6 Å². The van der Waals surface area contributed by atoms with Gasteiger partial charge >= 0.3 is 0 Å². The zero-order chi connectivity index (χ0) is 35.6.